The average molecular weight is 331 g/mol. The van der Waals surface area contributed by atoms with Crippen molar-refractivity contribution < 1.29 is 9.84 Å². The van der Waals surface area contributed by atoms with E-state index < -0.39 is 0 Å². The topological polar surface area (TPSA) is 79.6 Å². The van der Waals surface area contributed by atoms with E-state index in [1.807, 2.05) is 31.2 Å². The molecule has 0 spiro atoms. The fourth-order valence-corrected chi connectivity index (χ4v) is 2.60. The third kappa shape index (κ3) is 3.94. The third-order valence-corrected chi connectivity index (χ3v) is 3.82. The Morgan fingerprint density at radius 2 is 2.04 bits per heavy atom. The van der Waals surface area contributed by atoms with Gasteiger partial charge < -0.3 is 9.84 Å². The van der Waals surface area contributed by atoms with Gasteiger partial charge in [-0.05, 0) is 44.0 Å². The molecule has 6 heteroatoms. The number of hydrogen-bond acceptors (Lipinski definition) is 4. The Balaban J connectivity index is 2.45. The van der Waals surface area contributed by atoms with Crippen molar-refractivity contribution >= 4 is 5.71 Å². The number of aryl methyl sites for hydroxylation is 1. The minimum atomic E-state index is -0.103. The van der Waals surface area contributed by atoms with E-state index in [-0.39, 0.29) is 12.2 Å². The van der Waals surface area contributed by atoms with Crippen LogP contribution >= 0.6 is 0 Å². The van der Waals surface area contributed by atoms with Gasteiger partial charge in [0.1, 0.15) is 5.75 Å². The van der Waals surface area contributed by atoms with Gasteiger partial charge >= 0.3 is 0 Å². The standard InChI is InChI=1S/C18H25N3O3/c1-4-6-16-17(13(2)19-11-5-12-22)18(23)21(20-16)14-7-9-15(24-3)10-8-14/h7-10,20,22H,4-6,11-12H2,1-3H3. The molecule has 0 fully saturated rings. The fraction of sp³-hybridized carbons (Fsp3) is 0.444. The first kappa shape index (κ1) is 18.0. The van der Waals surface area contributed by atoms with Crippen LogP contribution < -0.4 is 10.3 Å². The fourth-order valence-electron chi connectivity index (χ4n) is 2.60. The Hall–Kier alpha value is -2.34. The second-order valence-electron chi connectivity index (χ2n) is 5.60. The van der Waals surface area contributed by atoms with Crippen LogP contribution in [-0.2, 0) is 6.42 Å². The minimum Gasteiger partial charge on any atom is -0.497 e. The number of nitrogens with zero attached hydrogens (tertiary/aromatic N) is 2. The molecule has 0 saturated heterocycles. The van der Waals surface area contributed by atoms with E-state index in [9.17, 15) is 4.79 Å². The summed E-state index contributed by atoms with van der Waals surface area (Å²) in [4.78, 5) is 17.3. The summed E-state index contributed by atoms with van der Waals surface area (Å²) in [5.41, 5.74) is 2.89. The van der Waals surface area contributed by atoms with Crippen LogP contribution in [-0.4, -0.2) is 40.9 Å². The van der Waals surface area contributed by atoms with Gasteiger partial charge in [0.05, 0.1) is 18.4 Å². The Morgan fingerprint density at radius 3 is 2.62 bits per heavy atom. The summed E-state index contributed by atoms with van der Waals surface area (Å²) in [5.74, 6) is 0.745. The molecule has 2 rings (SSSR count). The zero-order chi connectivity index (χ0) is 17.5. The number of rotatable bonds is 8. The van der Waals surface area contributed by atoms with Crippen molar-refractivity contribution in [1.82, 2.24) is 9.78 Å². The molecule has 24 heavy (non-hydrogen) atoms. The maximum absolute atomic E-state index is 12.9. The monoisotopic (exact) mass is 331 g/mol. The lowest BCUT2D eigenvalue weighted by Gasteiger charge is -2.03. The molecule has 0 radical (unpaired) electrons. The number of ether oxygens (including phenoxy) is 1. The zero-order valence-electron chi connectivity index (χ0n) is 14.5. The van der Waals surface area contributed by atoms with Crippen molar-refractivity contribution in [3.05, 3.63) is 45.9 Å². The van der Waals surface area contributed by atoms with E-state index in [1.54, 1.807) is 11.8 Å². The molecule has 6 nitrogen and oxygen atoms in total. The van der Waals surface area contributed by atoms with Crippen molar-refractivity contribution in [1.29, 1.82) is 0 Å². The highest BCUT2D eigenvalue weighted by atomic mass is 16.5. The summed E-state index contributed by atoms with van der Waals surface area (Å²) in [5, 5.41) is 12.1. The van der Waals surface area contributed by atoms with E-state index in [1.165, 1.54) is 0 Å². The van der Waals surface area contributed by atoms with E-state index in [0.29, 0.717) is 24.2 Å². The van der Waals surface area contributed by atoms with Crippen LogP contribution in [0.15, 0.2) is 34.1 Å². The first-order chi connectivity index (χ1) is 11.6. The maximum Gasteiger partial charge on any atom is 0.280 e. The smallest absolute Gasteiger partial charge is 0.280 e. The van der Waals surface area contributed by atoms with Gasteiger partial charge in [0.15, 0.2) is 0 Å². The Labute approximate surface area is 141 Å². The number of H-pyrrole nitrogens is 1. The van der Waals surface area contributed by atoms with Gasteiger partial charge in [0, 0.05) is 24.6 Å². The number of aliphatic hydroxyl groups excluding tert-OH is 1. The summed E-state index contributed by atoms with van der Waals surface area (Å²) < 4.78 is 6.71. The number of methoxy groups -OCH3 is 1. The predicted molar refractivity (Wildman–Crippen MR) is 95.7 cm³/mol. The summed E-state index contributed by atoms with van der Waals surface area (Å²) in [7, 11) is 1.61. The van der Waals surface area contributed by atoms with Crippen molar-refractivity contribution in [2.45, 2.75) is 33.1 Å². The molecule has 1 heterocycles. The molecule has 1 aromatic carbocycles. The van der Waals surface area contributed by atoms with Crippen LogP contribution in [0.4, 0.5) is 0 Å². The number of benzene rings is 1. The molecule has 0 atom stereocenters. The van der Waals surface area contributed by atoms with E-state index in [0.717, 1.165) is 30.0 Å². The SMILES string of the molecule is CCCc1[nH]n(-c2ccc(OC)cc2)c(=O)c1C(C)=NCCCO. The highest BCUT2D eigenvalue weighted by molar-refractivity contribution is 5.99. The largest absolute Gasteiger partial charge is 0.497 e. The van der Waals surface area contributed by atoms with Crippen LogP contribution in [0.1, 0.15) is 37.9 Å². The van der Waals surface area contributed by atoms with Gasteiger partial charge in [0.25, 0.3) is 5.56 Å². The second kappa shape index (κ2) is 8.49. The van der Waals surface area contributed by atoms with Gasteiger partial charge in [-0.2, -0.15) is 0 Å². The quantitative estimate of drug-likeness (QED) is 0.575. The van der Waals surface area contributed by atoms with Crippen molar-refractivity contribution in [2.24, 2.45) is 4.99 Å². The number of aliphatic imine (C=N–C) groups is 1. The molecule has 2 aromatic rings. The lowest BCUT2D eigenvalue weighted by molar-refractivity contribution is 0.291. The van der Waals surface area contributed by atoms with Crippen molar-refractivity contribution in [2.75, 3.05) is 20.3 Å². The molecular weight excluding hydrogens is 306 g/mol. The number of aromatic amines is 1. The predicted octanol–water partition coefficient (Wildman–Crippen LogP) is 2.32. The van der Waals surface area contributed by atoms with Crippen molar-refractivity contribution in [3.8, 4) is 11.4 Å². The van der Waals surface area contributed by atoms with Crippen molar-refractivity contribution in [3.63, 3.8) is 0 Å². The third-order valence-electron chi connectivity index (χ3n) is 3.82. The van der Waals surface area contributed by atoms with Gasteiger partial charge in [-0.25, -0.2) is 4.68 Å². The Bertz CT molecular complexity index is 742. The summed E-state index contributed by atoms with van der Waals surface area (Å²) >= 11 is 0. The zero-order valence-corrected chi connectivity index (χ0v) is 14.5. The van der Waals surface area contributed by atoms with Crippen LogP contribution in [0.3, 0.4) is 0 Å². The maximum atomic E-state index is 12.9. The van der Waals surface area contributed by atoms with E-state index in [4.69, 9.17) is 9.84 Å². The molecule has 0 amide bonds. The first-order valence-corrected chi connectivity index (χ1v) is 8.23. The van der Waals surface area contributed by atoms with E-state index >= 15 is 0 Å². The van der Waals surface area contributed by atoms with Gasteiger partial charge in [-0.1, -0.05) is 13.3 Å². The minimum absolute atomic E-state index is 0.0990. The summed E-state index contributed by atoms with van der Waals surface area (Å²) in [6, 6.07) is 7.33. The van der Waals surface area contributed by atoms with Gasteiger partial charge in [-0.15, -0.1) is 0 Å². The van der Waals surface area contributed by atoms with Crippen LogP contribution in [0.25, 0.3) is 5.69 Å². The highest BCUT2D eigenvalue weighted by Gasteiger charge is 2.17. The molecule has 0 aliphatic carbocycles. The summed E-state index contributed by atoms with van der Waals surface area (Å²) in [6.07, 6.45) is 2.30. The second-order valence-corrected chi connectivity index (χ2v) is 5.60. The molecule has 2 N–H and O–H groups in total. The highest BCUT2D eigenvalue weighted by Crippen LogP contribution is 2.15. The van der Waals surface area contributed by atoms with Gasteiger partial charge in [0.2, 0.25) is 0 Å². The molecule has 1 aromatic heterocycles. The van der Waals surface area contributed by atoms with Crippen LogP contribution in [0.2, 0.25) is 0 Å². The molecule has 0 aliphatic rings. The number of aromatic nitrogens is 2. The Morgan fingerprint density at radius 1 is 1.33 bits per heavy atom. The Kier molecular flexibility index (Phi) is 6.37. The lowest BCUT2D eigenvalue weighted by Crippen LogP contribution is -2.20. The molecular formula is C18H25N3O3. The summed E-state index contributed by atoms with van der Waals surface area (Å²) in [6.45, 7) is 4.54. The lowest BCUT2D eigenvalue weighted by atomic mass is 10.1. The van der Waals surface area contributed by atoms with Crippen LogP contribution in [0.5, 0.6) is 5.75 Å². The van der Waals surface area contributed by atoms with Crippen LogP contribution in [0, 0.1) is 0 Å². The van der Waals surface area contributed by atoms with E-state index in [2.05, 4.69) is 17.0 Å². The molecule has 0 unspecified atom stereocenters. The van der Waals surface area contributed by atoms with Gasteiger partial charge in [-0.3, -0.25) is 14.9 Å². The average Bonchev–Trinajstić information content (AvgIpc) is 2.92. The first-order valence-electron chi connectivity index (χ1n) is 8.23. The normalized spacial score (nSPS) is 11.8. The number of nitrogens with one attached hydrogen (secondary N) is 1. The molecule has 130 valence electrons. The number of aliphatic hydroxyl groups is 1. The molecule has 0 aliphatic heterocycles. The molecule has 0 saturated carbocycles. The molecule has 0 bridgehead atoms. The number of hydrogen-bond donors (Lipinski definition) is 2.